The van der Waals surface area contributed by atoms with Crippen LogP contribution in [-0.2, 0) is 24.5 Å². The molecule has 5 aliphatic rings. The van der Waals surface area contributed by atoms with Gasteiger partial charge in [0.05, 0.1) is 18.7 Å². The molecule has 3 fully saturated rings. The average Bonchev–Trinajstić information content (AvgIpc) is 3.45. The highest BCUT2D eigenvalue weighted by Gasteiger charge is 2.76. The van der Waals surface area contributed by atoms with Gasteiger partial charge in [-0.1, -0.05) is 50.0 Å². The summed E-state index contributed by atoms with van der Waals surface area (Å²) in [7, 11) is 1.56. The van der Waals surface area contributed by atoms with E-state index in [0.717, 1.165) is 12.8 Å². The number of amides is 3. The first-order valence-electron chi connectivity index (χ1n) is 15.3. The van der Waals surface area contributed by atoms with Crippen LogP contribution >= 0.6 is 23.2 Å². The molecule has 238 valence electrons. The molecular weight excluding hydrogens is 610 g/mol. The Bertz CT molecular complexity index is 1450. The number of fused-ring (bicyclic) bond motifs is 3. The molecule has 1 saturated carbocycles. The minimum atomic E-state index is -1.37. The Balaban J connectivity index is 1.47. The zero-order chi connectivity index (χ0) is 31.7. The fourth-order valence-electron chi connectivity index (χ4n) is 8.44. The number of aromatic nitrogens is 1. The molecule has 4 aliphatic heterocycles. The summed E-state index contributed by atoms with van der Waals surface area (Å²) in [4.78, 5) is 49.7. The Morgan fingerprint density at radius 2 is 1.82 bits per heavy atom. The van der Waals surface area contributed by atoms with Gasteiger partial charge in [-0.05, 0) is 56.4 Å². The number of pyridine rings is 1. The summed E-state index contributed by atoms with van der Waals surface area (Å²) in [6, 6.07) is 2.08. The van der Waals surface area contributed by atoms with E-state index in [2.05, 4.69) is 45.1 Å². The minimum Gasteiger partial charge on any atom is -0.366 e. The maximum Gasteiger partial charge on any atom is 0.248 e. The van der Waals surface area contributed by atoms with Crippen LogP contribution in [0, 0.1) is 16.7 Å². The van der Waals surface area contributed by atoms with Crippen molar-refractivity contribution in [2.45, 2.75) is 94.9 Å². The monoisotopic (exact) mass is 648 g/mol. The number of hydrogen-bond acceptors (Lipinski definition) is 7. The molecule has 2 saturated heterocycles. The lowest BCUT2D eigenvalue weighted by Gasteiger charge is -2.52. The Labute approximate surface area is 266 Å². The smallest absolute Gasteiger partial charge is 0.248 e. The molecule has 0 bridgehead atoms. The number of allylic oxidation sites excluding steroid dienone is 1. The zero-order valence-electron chi connectivity index (χ0n) is 25.4. The van der Waals surface area contributed by atoms with Crippen LogP contribution in [0.25, 0.3) is 0 Å². The maximum absolute atomic E-state index is 16.5. The van der Waals surface area contributed by atoms with E-state index in [1.54, 1.807) is 32.3 Å². The quantitative estimate of drug-likeness (QED) is 0.287. The molecule has 4 N–H and O–H groups in total. The number of carbonyl (C=O) groups excluding carboxylic acids is 3. The number of rotatable bonds is 4. The highest BCUT2D eigenvalue weighted by atomic mass is 35.5. The average molecular weight is 650 g/mol. The van der Waals surface area contributed by atoms with Gasteiger partial charge in [-0.3, -0.25) is 19.7 Å². The second kappa shape index (κ2) is 11.0. The fourth-order valence-corrected chi connectivity index (χ4v) is 8.88. The molecule has 44 heavy (non-hydrogen) atoms. The molecule has 0 aromatic carbocycles. The SMILES string of the molecule is CNC(=O)[C@@H]1CC[C@@H](NC(=O)[C@@H]2NC3(CCC(C)(C)CC3)[C@@]3(C(=O)Nc4nc(Cl)ccc43)[C@H]2C2(C)CC=NC(Cl)=C2F)CO1. The van der Waals surface area contributed by atoms with Crippen molar-refractivity contribution in [3.8, 4) is 0 Å². The van der Waals surface area contributed by atoms with E-state index in [1.165, 1.54) is 0 Å². The number of hydrogen-bond donors (Lipinski definition) is 4. The molecule has 1 aromatic heterocycles. The third kappa shape index (κ3) is 4.68. The first kappa shape index (κ1) is 31.4. The van der Waals surface area contributed by atoms with E-state index in [-0.39, 0.29) is 52.5 Å². The second-order valence-electron chi connectivity index (χ2n) is 13.9. The summed E-state index contributed by atoms with van der Waals surface area (Å²) in [6.45, 7) is 6.27. The summed E-state index contributed by atoms with van der Waals surface area (Å²) in [5.74, 6) is -2.15. The molecule has 1 aliphatic carbocycles. The standard InChI is InChI=1S/C31H39Cl2FN6O4/c1-28(2)9-11-30(12-10-28)31(17-6-8-19(32)38-24(17)39-27(31)43)21(29(3)13-14-36-23(33)22(29)34)20(40-30)26(42)37-16-5-7-18(44-15-16)25(41)35-4/h6,8,14,16,18,20-21,40H,5,7,9-13,15H2,1-4H3,(H,35,41)(H,37,42)(H,38,39,43)/t16-,18+,20-,21-,29?,31-/m1/s1. The molecule has 2 spiro atoms. The first-order valence-corrected chi connectivity index (χ1v) is 16.0. The largest absolute Gasteiger partial charge is 0.366 e. The molecule has 6 rings (SSSR count). The zero-order valence-corrected chi connectivity index (χ0v) is 26.9. The molecule has 1 aromatic rings. The molecule has 1 unspecified atom stereocenters. The highest BCUT2D eigenvalue weighted by Crippen LogP contribution is 2.66. The number of anilines is 1. The number of ether oxygens (including phenoxy) is 1. The van der Waals surface area contributed by atoms with Crippen LogP contribution in [0.2, 0.25) is 5.15 Å². The van der Waals surface area contributed by atoms with Gasteiger partial charge < -0.3 is 20.7 Å². The van der Waals surface area contributed by atoms with Crippen molar-refractivity contribution >= 4 is 53.0 Å². The Hall–Kier alpha value is -2.60. The van der Waals surface area contributed by atoms with Crippen molar-refractivity contribution in [2.75, 3.05) is 19.0 Å². The van der Waals surface area contributed by atoms with Gasteiger partial charge in [-0.25, -0.2) is 14.4 Å². The third-order valence-electron chi connectivity index (χ3n) is 10.9. The van der Waals surface area contributed by atoms with Crippen molar-refractivity contribution < 1.29 is 23.5 Å². The van der Waals surface area contributed by atoms with Crippen LogP contribution < -0.4 is 21.3 Å². The van der Waals surface area contributed by atoms with Crippen LogP contribution in [0.1, 0.15) is 71.3 Å². The number of likely N-dealkylation sites (N-methyl/N-ethyl adjacent to an activating group) is 1. The summed E-state index contributed by atoms with van der Waals surface area (Å²) in [5, 5.41) is 12.3. The molecule has 5 heterocycles. The van der Waals surface area contributed by atoms with Crippen molar-refractivity contribution in [2.24, 2.45) is 21.7 Å². The maximum atomic E-state index is 16.5. The van der Waals surface area contributed by atoms with Crippen molar-refractivity contribution in [1.29, 1.82) is 0 Å². The second-order valence-corrected chi connectivity index (χ2v) is 14.6. The lowest BCUT2D eigenvalue weighted by atomic mass is 9.49. The third-order valence-corrected chi connectivity index (χ3v) is 11.3. The van der Waals surface area contributed by atoms with E-state index >= 15 is 4.39 Å². The van der Waals surface area contributed by atoms with Gasteiger partial charge in [0.25, 0.3) is 0 Å². The van der Waals surface area contributed by atoms with Crippen LogP contribution in [-0.4, -0.2) is 66.3 Å². The molecular formula is C31H39Cl2FN6O4. The molecule has 13 heteroatoms. The van der Waals surface area contributed by atoms with Gasteiger partial charge in [-0.15, -0.1) is 0 Å². The summed E-state index contributed by atoms with van der Waals surface area (Å²) in [5.41, 5.74) is -3.01. The van der Waals surface area contributed by atoms with E-state index in [4.69, 9.17) is 27.9 Å². The predicted octanol–water partition coefficient (Wildman–Crippen LogP) is 4.12. The van der Waals surface area contributed by atoms with Crippen LogP contribution in [0.4, 0.5) is 10.2 Å². The van der Waals surface area contributed by atoms with Crippen LogP contribution in [0.15, 0.2) is 28.1 Å². The van der Waals surface area contributed by atoms with Crippen LogP contribution in [0.3, 0.4) is 0 Å². The van der Waals surface area contributed by atoms with Gasteiger partial charge in [0.1, 0.15) is 28.3 Å². The fraction of sp³-hybridized carbons (Fsp3) is 0.645. The van der Waals surface area contributed by atoms with E-state index in [1.807, 2.05) is 0 Å². The van der Waals surface area contributed by atoms with Gasteiger partial charge >= 0.3 is 0 Å². The normalized spacial score (nSPS) is 35.5. The summed E-state index contributed by atoms with van der Waals surface area (Å²) in [6.07, 6.45) is 4.84. The Kier molecular flexibility index (Phi) is 7.87. The predicted molar refractivity (Wildman–Crippen MR) is 165 cm³/mol. The molecule has 6 atom stereocenters. The lowest BCUT2D eigenvalue weighted by Crippen LogP contribution is -2.63. The van der Waals surface area contributed by atoms with Crippen LogP contribution in [0.5, 0.6) is 0 Å². The van der Waals surface area contributed by atoms with Crippen molar-refractivity contribution in [1.82, 2.24) is 20.9 Å². The number of halogens is 3. The summed E-state index contributed by atoms with van der Waals surface area (Å²) < 4.78 is 22.2. The van der Waals surface area contributed by atoms with Gasteiger partial charge in [0.2, 0.25) is 17.7 Å². The Morgan fingerprint density at radius 3 is 2.48 bits per heavy atom. The van der Waals surface area contributed by atoms with Crippen molar-refractivity contribution in [3.05, 3.63) is 33.8 Å². The molecule has 0 radical (unpaired) electrons. The van der Waals surface area contributed by atoms with Gasteiger partial charge in [0.15, 0.2) is 5.16 Å². The lowest BCUT2D eigenvalue weighted by molar-refractivity contribution is -0.137. The van der Waals surface area contributed by atoms with E-state index in [0.29, 0.717) is 37.1 Å². The first-order chi connectivity index (χ1) is 20.8. The highest BCUT2D eigenvalue weighted by molar-refractivity contribution is 6.30. The number of nitrogens with zero attached hydrogens (tertiary/aromatic N) is 2. The molecule has 10 nitrogen and oxygen atoms in total. The van der Waals surface area contributed by atoms with E-state index in [9.17, 15) is 14.4 Å². The van der Waals surface area contributed by atoms with Gasteiger partial charge in [-0.2, -0.15) is 0 Å². The summed E-state index contributed by atoms with van der Waals surface area (Å²) >= 11 is 12.6. The van der Waals surface area contributed by atoms with Gasteiger partial charge in [0, 0.05) is 35.7 Å². The number of aliphatic imine (C=N–C) groups is 1. The number of nitrogens with one attached hydrogen (secondary N) is 4. The van der Waals surface area contributed by atoms with Crippen molar-refractivity contribution in [3.63, 3.8) is 0 Å². The Morgan fingerprint density at radius 1 is 1.09 bits per heavy atom. The minimum absolute atomic E-state index is 0.0245. The number of carbonyl (C=O) groups is 3. The van der Waals surface area contributed by atoms with E-state index < -0.39 is 40.3 Å². The molecule has 3 amide bonds. The topological polar surface area (TPSA) is 134 Å².